The Morgan fingerprint density at radius 3 is 2.59 bits per heavy atom. The second-order valence-corrected chi connectivity index (χ2v) is 8.26. The molecule has 0 saturated heterocycles. The predicted octanol–water partition coefficient (Wildman–Crippen LogP) is 4.09. The third-order valence-corrected chi connectivity index (χ3v) is 5.40. The van der Waals surface area contributed by atoms with Crippen LogP contribution in [0.5, 0.6) is 0 Å². The van der Waals surface area contributed by atoms with Gasteiger partial charge >= 0.3 is 5.97 Å². The quantitative estimate of drug-likeness (QED) is 0.806. The Balaban J connectivity index is 1.74. The van der Waals surface area contributed by atoms with Gasteiger partial charge in [-0.05, 0) is 76.6 Å². The van der Waals surface area contributed by atoms with E-state index in [1.165, 1.54) is 17.7 Å². The van der Waals surface area contributed by atoms with Gasteiger partial charge in [-0.1, -0.05) is 6.92 Å². The third-order valence-electron chi connectivity index (χ3n) is 5.40. The summed E-state index contributed by atoms with van der Waals surface area (Å²) in [6.45, 7) is 9.89. The average molecular weight is 370 g/mol. The minimum atomic E-state index is -0.448. The largest absolute Gasteiger partial charge is 0.452 e. The molecule has 1 aliphatic rings. The number of carbonyl (C=O) groups is 2. The van der Waals surface area contributed by atoms with Crippen LogP contribution in [-0.2, 0) is 22.4 Å². The number of aryl methyl sites for hydroxylation is 1. The number of hydrogen-bond donors (Lipinski definition) is 1. The number of nitrogens with one attached hydrogen (secondary N) is 1. The summed E-state index contributed by atoms with van der Waals surface area (Å²) in [6, 6.07) is 5.74. The first kappa shape index (κ1) is 19.5. The van der Waals surface area contributed by atoms with Crippen molar-refractivity contribution in [3.63, 3.8) is 0 Å². The fourth-order valence-corrected chi connectivity index (χ4v) is 4.18. The minimum absolute atomic E-state index is 0.0703. The predicted molar refractivity (Wildman–Crippen MR) is 107 cm³/mol. The van der Waals surface area contributed by atoms with Crippen molar-refractivity contribution < 1.29 is 14.3 Å². The molecule has 0 bridgehead atoms. The van der Waals surface area contributed by atoms with Crippen LogP contribution in [-0.4, -0.2) is 40.5 Å². The summed E-state index contributed by atoms with van der Waals surface area (Å²) in [5, 5.41) is 1.10. The van der Waals surface area contributed by atoms with Crippen LogP contribution >= 0.6 is 0 Å². The first-order valence-electron chi connectivity index (χ1n) is 9.89. The van der Waals surface area contributed by atoms with Crippen molar-refractivity contribution in [2.24, 2.45) is 5.92 Å². The fraction of sp³-hybridized carbons (Fsp3) is 0.545. The number of ether oxygens (including phenoxy) is 1. The second-order valence-electron chi connectivity index (χ2n) is 8.26. The van der Waals surface area contributed by atoms with E-state index in [1.807, 2.05) is 39.8 Å². The molecule has 1 N–H and O–H groups in total. The maximum Gasteiger partial charge on any atom is 0.338 e. The molecule has 0 unspecified atom stereocenters. The number of fused-ring (bicyclic) bond motifs is 3. The molecular formula is C22H30N2O3. The van der Waals surface area contributed by atoms with Crippen LogP contribution in [0.25, 0.3) is 10.9 Å². The first-order valence-corrected chi connectivity index (χ1v) is 9.89. The smallest absolute Gasteiger partial charge is 0.338 e. The van der Waals surface area contributed by atoms with E-state index in [4.69, 9.17) is 4.74 Å². The standard InChI is InChI=1S/C22H30N2O3/c1-13(2)24(14(3)4)21(25)12-27-22(26)16-7-9-20-18(11-16)17-10-15(5)6-8-19(17)23-20/h7,9,11,13-15,23H,6,8,10,12H2,1-5H3/t15-/m1/s1. The summed E-state index contributed by atoms with van der Waals surface area (Å²) < 4.78 is 5.32. The summed E-state index contributed by atoms with van der Waals surface area (Å²) in [5.74, 6) is 0.0431. The zero-order valence-corrected chi connectivity index (χ0v) is 17.0. The Kier molecular flexibility index (Phi) is 5.59. The maximum atomic E-state index is 12.5. The van der Waals surface area contributed by atoms with E-state index in [0.717, 1.165) is 23.7 Å². The SMILES string of the molecule is CC(C)N(C(=O)COC(=O)c1ccc2[nH]c3c(c2c1)C[C@H](C)CC3)C(C)C. The van der Waals surface area contributed by atoms with Crippen LogP contribution in [0.3, 0.4) is 0 Å². The highest BCUT2D eigenvalue weighted by atomic mass is 16.5. The summed E-state index contributed by atoms with van der Waals surface area (Å²) >= 11 is 0. The number of esters is 1. The Hall–Kier alpha value is -2.30. The van der Waals surface area contributed by atoms with Gasteiger partial charge in [-0.2, -0.15) is 0 Å². The van der Waals surface area contributed by atoms with Gasteiger partial charge in [0.2, 0.25) is 0 Å². The normalized spacial score (nSPS) is 16.6. The number of amides is 1. The van der Waals surface area contributed by atoms with Crippen molar-refractivity contribution in [1.29, 1.82) is 0 Å². The lowest BCUT2D eigenvalue weighted by molar-refractivity contribution is -0.138. The first-order chi connectivity index (χ1) is 12.8. The molecule has 0 spiro atoms. The van der Waals surface area contributed by atoms with Gasteiger partial charge in [0.25, 0.3) is 5.91 Å². The Bertz CT molecular complexity index is 843. The van der Waals surface area contributed by atoms with E-state index in [9.17, 15) is 9.59 Å². The van der Waals surface area contributed by atoms with Gasteiger partial charge in [-0.15, -0.1) is 0 Å². The molecule has 27 heavy (non-hydrogen) atoms. The van der Waals surface area contributed by atoms with E-state index in [1.54, 1.807) is 11.0 Å². The molecule has 0 fully saturated rings. The molecule has 0 aliphatic heterocycles. The van der Waals surface area contributed by atoms with Crippen LogP contribution in [0.1, 0.15) is 62.7 Å². The van der Waals surface area contributed by atoms with Crippen molar-refractivity contribution in [3.05, 3.63) is 35.0 Å². The highest BCUT2D eigenvalue weighted by Gasteiger charge is 2.23. The van der Waals surface area contributed by atoms with Gasteiger partial charge in [0.15, 0.2) is 6.61 Å². The van der Waals surface area contributed by atoms with E-state index in [0.29, 0.717) is 11.5 Å². The number of rotatable bonds is 5. The molecule has 1 aromatic heterocycles. The lowest BCUT2D eigenvalue weighted by Crippen LogP contribution is -2.44. The molecule has 3 rings (SSSR count). The molecule has 1 aliphatic carbocycles. The molecule has 1 amide bonds. The Morgan fingerprint density at radius 1 is 1.22 bits per heavy atom. The summed E-state index contributed by atoms with van der Waals surface area (Å²) in [4.78, 5) is 30.1. The van der Waals surface area contributed by atoms with Crippen molar-refractivity contribution in [2.45, 2.75) is 66.0 Å². The average Bonchev–Trinajstić information content (AvgIpc) is 2.96. The molecule has 1 aromatic carbocycles. The third kappa shape index (κ3) is 4.02. The van der Waals surface area contributed by atoms with Crippen molar-refractivity contribution in [3.8, 4) is 0 Å². The number of hydrogen-bond acceptors (Lipinski definition) is 3. The summed E-state index contributed by atoms with van der Waals surface area (Å²) in [6.07, 6.45) is 3.28. The number of aromatic amines is 1. The lowest BCUT2D eigenvalue weighted by Gasteiger charge is -2.30. The molecule has 5 heteroatoms. The van der Waals surface area contributed by atoms with Crippen LogP contribution < -0.4 is 0 Å². The van der Waals surface area contributed by atoms with Crippen LogP contribution in [0.15, 0.2) is 18.2 Å². The van der Waals surface area contributed by atoms with Crippen molar-refractivity contribution in [2.75, 3.05) is 6.61 Å². The van der Waals surface area contributed by atoms with Gasteiger partial charge in [0, 0.05) is 28.7 Å². The maximum absolute atomic E-state index is 12.5. The minimum Gasteiger partial charge on any atom is -0.452 e. The van der Waals surface area contributed by atoms with Gasteiger partial charge in [-0.3, -0.25) is 4.79 Å². The van der Waals surface area contributed by atoms with Crippen molar-refractivity contribution in [1.82, 2.24) is 9.88 Å². The molecule has 0 saturated carbocycles. The van der Waals surface area contributed by atoms with E-state index in [-0.39, 0.29) is 24.6 Å². The highest BCUT2D eigenvalue weighted by Crippen LogP contribution is 2.32. The molecule has 2 aromatic rings. The monoisotopic (exact) mass is 370 g/mol. The van der Waals surface area contributed by atoms with Crippen molar-refractivity contribution >= 4 is 22.8 Å². The fourth-order valence-electron chi connectivity index (χ4n) is 4.18. The second kappa shape index (κ2) is 7.75. The van der Waals surface area contributed by atoms with Gasteiger partial charge in [0.05, 0.1) is 5.56 Å². The van der Waals surface area contributed by atoms with E-state index >= 15 is 0 Å². The Labute approximate surface area is 161 Å². The van der Waals surface area contributed by atoms with Gasteiger partial charge < -0.3 is 14.6 Å². The van der Waals surface area contributed by atoms with Crippen LogP contribution in [0.4, 0.5) is 0 Å². The summed E-state index contributed by atoms with van der Waals surface area (Å²) in [5.41, 5.74) is 4.16. The molecule has 5 nitrogen and oxygen atoms in total. The van der Waals surface area contributed by atoms with Gasteiger partial charge in [0.1, 0.15) is 0 Å². The highest BCUT2D eigenvalue weighted by molar-refractivity contribution is 5.97. The number of carbonyl (C=O) groups excluding carboxylic acids is 2. The zero-order valence-electron chi connectivity index (χ0n) is 17.0. The molecule has 1 heterocycles. The van der Waals surface area contributed by atoms with E-state index in [2.05, 4.69) is 11.9 Å². The van der Waals surface area contributed by atoms with Gasteiger partial charge in [-0.25, -0.2) is 4.79 Å². The number of nitrogens with zero attached hydrogens (tertiary/aromatic N) is 1. The zero-order chi connectivity index (χ0) is 19.7. The number of benzene rings is 1. The molecular weight excluding hydrogens is 340 g/mol. The van der Waals surface area contributed by atoms with Crippen LogP contribution in [0, 0.1) is 5.92 Å². The van der Waals surface area contributed by atoms with Crippen LogP contribution in [0.2, 0.25) is 0 Å². The molecule has 0 radical (unpaired) electrons. The topological polar surface area (TPSA) is 62.4 Å². The lowest BCUT2D eigenvalue weighted by atomic mass is 9.87. The summed E-state index contributed by atoms with van der Waals surface area (Å²) in [7, 11) is 0. The molecule has 146 valence electrons. The number of H-pyrrole nitrogens is 1. The number of aromatic nitrogens is 1. The van der Waals surface area contributed by atoms with E-state index < -0.39 is 5.97 Å². The molecule has 1 atom stereocenters. The Morgan fingerprint density at radius 2 is 1.93 bits per heavy atom.